The van der Waals surface area contributed by atoms with Crippen LogP contribution in [-0.4, -0.2) is 39.5 Å². The molecule has 2 N–H and O–H groups in total. The highest BCUT2D eigenvalue weighted by atomic mass is 16.6. The van der Waals surface area contributed by atoms with E-state index in [1.54, 1.807) is 16.6 Å². The number of nitriles is 1. The molecule has 2 aromatic heterocycles. The third-order valence-electron chi connectivity index (χ3n) is 7.38. The van der Waals surface area contributed by atoms with Crippen molar-refractivity contribution in [3.8, 4) is 6.07 Å². The zero-order valence-corrected chi connectivity index (χ0v) is 23.0. The van der Waals surface area contributed by atoms with Gasteiger partial charge in [-0.05, 0) is 28.8 Å². The molecule has 0 bridgehead atoms. The van der Waals surface area contributed by atoms with Gasteiger partial charge in [0.1, 0.15) is 36.2 Å². The summed E-state index contributed by atoms with van der Waals surface area (Å²) in [5.41, 5.74) is 8.59. The number of rotatable bonds is 11. The molecular weight excluding hydrogens is 530 g/mol. The van der Waals surface area contributed by atoms with Crippen LogP contribution in [0.3, 0.4) is 0 Å². The van der Waals surface area contributed by atoms with E-state index < -0.39 is 23.9 Å². The highest BCUT2D eigenvalue weighted by molar-refractivity contribution is 5.66. The number of ether oxygens (including phenoxy) is 4. The molecule has 4 atom stereocenters. The van der Waals surface area contributed by atoms with Gasteiger partial charge in [-0.1, -0.05) is 91.0 Å². The van der Waals surface area contributed by atoms with Crippen molar-refractivity contribution < 1.29 is 18.9 Å². The maximum absolute atomic E-state index is 10.9. The van der Waals surface area contributed by atoms with Crippen molar-refractivity contribution in [3.63, 3.8) is 0 Å². The van der Waals surface area contributed by atoms with Gasteiger partial charge in [0.2, 0.25) is 5.60 Å². The Morgan fingerprint density at radius 2 is 1.40 bits per heavy atom. The zero-order chi connectivity index (χ0) is 28.8. The number of hydrogen-bond donors (Lipinski definition) is 1. The summed E-state index contributed by atoms with van der Waals surface area (Å²) >= 11 is 0. The summed E-state index contributed by atoms with van der Waals surface area (Å²) in [5.74, 6) is 0.295. The van der Waals surface area contributed by atoms with Crippen LogP contribution in [0.2, 0.25) is 0 Å². The quantitative estimate of drug-likeness (QED) is 0.244. The molecule has 3 aromatic carbocycles. The molecule has 9 nitrogen and oxygen atoms in total. The smallest absolute Gasteiger partial charge is 0.225 e. The molecule has 0 aliphatic carbocycles. The fourth-order valence-electron chi connectivity index (χ4n) is 5.32. The van der Waals surface area contributed by atoms with Gasteiger partial charge in [-0.15, -0.1) is 0 Å². The van der Waals surface area contributed by atoms with Crippen molar-refractivity contribution in [2.45, 2.75) is 43.7 Å². The Bertz CT molecular complexity index is 1640. The van der Waals surface area contributed by atoms with E-state index in [0.717, 1.165) is 16.7 Å². The topological polar surface area (TPSA) is 117 Å². The van der Waals surface area contributed by atoms with Crippen molar-refractivity contribution >= 4 is 11.3 Å². The number of nitrogens with two attached hydrogens (primary N) is 1. The van der Waals surface area contributed by atoms with Gasteiger partial charge >= 0.3 is 0 Å². The molecule has 1 fully saturated rings. The second-order valence-electron chi connectivity index (χ2n) is 10.1. The molecular formula is C33H31N5O4. The van der Waals surface area contributed by atoms with Crippen LogP contribution in [0.4, 0.5) is 5.82 Å². The molecule has 0 spiro atoms. The van der Waals surface area contributed by atoms with E-state index in [0.29, 0.717) is 30.2 Å². The van der Waals surface area contributed by atoms with E-state index in [4.69, 9.17) is 24.7 Å². The van der Waals surface area contributed by atoms with Crippen molar-refractivity contribution in [1.29, 1.82) is 5.26 Å². The number of nitrogens with zero attached hydrogens (tertiary/aromatic N) is 4. The third kappa shape index (κ3) is 5.62. The first-order chi connectivity index (χ1) is 20.7. The van der Waals surface area contributed by atoms with Gasteiger partial charge in [-0.25, -0.2) is 9.50 Å². The van der Waals surface area contributed by atoms with E-state index in [1.165, 1.54) is 6.33 Å². The largest absolute Gasteiger partial charge is 0.382 e. The highest BCUT2D eigenvalue weighted by Gasteiger charge is 2.60. The summed E-state index contributed by atoms with van der Waals surface area (Å²) in [6.07, 6.45) is -0.738. The van der Waals surface area contributed by atoms with E-state index in [1.807, 2.05) is 91.0 Å². The molecule has 3 heterocycles. The Balaban J connectivity index is 1.37. The predicted octanol–water partition coefficient (Wildman–Crippen LogP) is 4.82. The minimum absolute atomic E-state index is 0.184. The molecule has 42 heavy (non-hydrogen) atoms. The van der Waals surface area contributed by atoms with Gasteiger partial charge < -0.3 is 24.7 Å². The molecule has 1 aliphatic rings. The number of anilines is 1. The van der Waals surface area contributed by atoms with Gasteiger partial charge in [0, 0.05) is 0 Å². The van der Waals surface area contributed by atoms with Gasteiger partial charge in [-0.3, -0.25) is 0 Å². The van der Waals surface area contributed by atoms with Crippen LogP contribution in [-0.2, 0) is 44.4 Å². The van der Waals surface area contributed by atoms with Crippen LogP contribution in [0.25, 0.3) is 5.52 Å². The number of aromatic nitrogens is 3. The lowest BCUT2D eigenvalue weighted by Crippen LogP contribution is -2.44. The van der Waals surface area contributed by atoms with Crippen LogP contribution in [0.1, 0.15) is 22.4 Å². The number of hydrogen-bond acceptors (Lipinski definition) is 8. The maximum Gasteiger partial charge on any atom is 0.225 e. The first kappa shape index (κ1) is 27.6. The maximum atomic E-state index is 10.9. The Labute approximate surface area is 244 Å². The lowest BCUT2D eigenvalue weighted by atomic mass is 9.92. The van der Waals surface area contributed by atoms with E-state index in [2.05, 4.69) is 16.2 Å². The van der Waals surface area contributed by atoms with Crippen molar-refractivity contribution in [1.82, 2.24) is 14.6 Å². The van der Waals surface area contributed by atoms with Gasteiger partial charge in [0.15, 0.2) is 5.82 Å². The molecule has 0 saturated carbocycles. The Morgan fingerprint density at radius 3 is 2.02 bits per heavy atom. The lowest BCUT2D eigenvalue weighted by Gasteiger charge is -2.29. The number of fused-ring (bicyclic) bond motifs is 1. The first-order valence-corrected chi connectivity index (χ1v) is 13.8. The summed E-state index contributed by atoms with van der Waals surface area (Å²) in [6, 6.07) is 35.6. The van der Waals surface area contributed by atoms with Gasteiger partial charge in [0.05, 0.1) is 32.1 Å². The fraction of sp³-hybridized carbons (Fsp3) is 0.242. The summed E-state index contributed by atoms with van der Waals surface area (Å²) in [5, 5.41) is 15.3. The molecule has 5 aromatic rings. The summed E-state index contributed by atoms with van der Waals surface area (Å²) in [4.78, 5) is 4.10. The molecule has 1 aliphatic heterocycles. The summed E-state index contributed by atoms with van der Waals surface area (Å²) in [6.45, 7) is 1.13. The molecule has 9 heteroatoms. The molecule has 0 unspecified atom stereocenters. The molecule has 0 radical (unpaired) electrons. The Morgan fingerprint density at radius 1 is 0.810 bits per heavy atom. The van der Waals surface area contributed by atoms with Crippen LogP contribution in [0, 0.1) is 11.3 Å². The van der Waals surface area contributed by atoms with E-state index in [-0.39, 0.29) is 13.2 Å². The molecule has 0 amide bonds. The second-order valence-corrected chi connectivity index (χ2v) is 10.1. The summed E-state index contributed by atoms with van der Waals surface area (Å²) in [7, 11) is 0. The van der Waals surface area contributed by atoms with E-state index >= 15 is 0 Å². The van der Waals surface area contributed by atoms with Gasteiger partial charge in [0.25, 0.3) is 0 Å². The standard InChI is InChI=1S/C33H31N5O4/c34-22-33(29-17-16-27-32(35)36-23-37-38(27)29)31(41-20-26-14-8-3-9-15-26)30(40-19-25-12-6-2-7-13-25)28(42-33)21-39-18-24-10-4-1-5-11-24/h1-17,23,28,30-31H,18-21H2,(H2,35,36,37)/t28-,30+,31+,33+/m0/s1. The summed E-state index contributed by atoms with van der Waals surface area (Å²) < 4.78 is 27.5. The molecule has 6 rings (SSSR count). The second kappa shape index (κ2) is 12.5. The Kier molecular flexibility index (Phi) is 8.21. The average Bonchev–Trinajstić information content (AvgIpc) is 3.61. The predicted molar refractivity (Wildman–Crippen MR) is 156 cm³/mol. The van der Waals surface area contributed by atoms with E-state index in [9.17, 15) is 5.26 Å². The number of benzene rings is 3. The zero-order valence-electron chi connectivity index (χ0n) is 23.0. The van der Waals surface area contributed by atoms with Crippen LogP contribution in [0.15, 0.2) is 109 Å². The lowest BCUT2D eigenvalue weighted by molar-refractivity contribution is -0.0971. The molecule has 1 saturated heterocycles. The number of nitrogen functional groups attached to an aromatic ring is 1. The van der Waals surface area contributed by atoms with Crippen molar-refractivity contribution in [3.05, 3.63) is 132 Å². The highest BCUT2D eigenvalue weighted by Crippen LogP contribution is 2.44. The third-order valence-corrected chi connectivity index (χ3v) is 7.38. The monoisotopic (exact) mass is 561 g/mol. The van der Waals surface area contributed by atoms with Gasteiger partial charge in [-0.2, -0.15) is 10.4 Å². The SMILES string of the molecule is N#C[C@]1(c2ccc3c(N)ncnn23)O[C@@H](COCc2ccccc2)[C@@H](OCc2ccccc2)[C@H]1OCc1ccccc1. The fourth-order valence-corrected chi connectivity index (χ4v) is 5.32. The van der Waals surface area contributed by atoms with Crippen LogP contribution >= 0.6 is 0 Å². The minimum atomic E-state index is -1.58. The van der Waals surface area contributed by atoms with Crippen LogP contribution in [0.5, 0.6) is 0 Å². The normalized spacial score (nSPS) is 21.8. The average molecular weight is 562 g/mol. The van der Waals surface area contributed by atoms with Crippen LogP contribution < -0.4 is 5.73 Å². The molecule has 212 valence electrons. The van der Waals surface area contributed by atoms with Crippen molar-refractivity contribution in [2.24, 2.45) is 0 Å². The first-order valence-electron chi connectivity index (χ1n) is 13.8. The van der Waals surface area contributed by atoms with Crippen molar-refractivity contribution in [2.75, 3.05) is 12.3 Å². The Hall–Kier alpha value is -4.59. The minimum Gasteiger partial charge on any atom is -0.382 e.